The summed E-state index contributed by atoms with van der Waals surface area (Å²) in [4.78, 5) is 37.5. The van der Waals surface area contributed by atoms with Crippen LogP contribution in [-0.2, 0) is 15.1 Å². The van der Waals surface area contributed by atoms with Crippen molar-refractivity contribution < 1.29 is 18.9 Å². The minimum Gasteiger partial charge on any atom is -0.360 e. The summed E-state index contributed by atoms with van der Waals surface area (Å²) in [5, 5.41) is 12.4. The fourth-order valence-corrected chi connectivity index (χ4v) is 3.10. The van der Waals surface area contributed by atoms with Crippen LogP contribution in [-0.4, -0.2) is 34.4 Å². The van der Waals surface area contributed by atoms with Crippen molar-refractivity contribution in [2.45, 2.75) is 19.4 Å². The molecule has 1 atom stereocenters. The highest BCUT2D eigenvalue weighted by Gasteiger charge is 2.49. The maximum absolute atomic E-state index is 12.6. The number of anilines is 1. The molecule has 0 aliphatic carbocycles. The molecule has 1 fully saturated rings. The molecule has 9 heteroatoms. The van der Waals surface area contributed by atoms with Crippen LogP contribution in [0.4, 0.5) is 10.6 Å². The van der Waals surface area contributed by atoms with E-state index in [1.54, 1.807) is 31.4 Å². The molecule has 4 amide bonds. The summed E-state index contributed by atoms with van der Waals surface area (Å²) in [6.07, 6.45) is 0. The van der Waals surface area contributed by atoms with Gasteiger partial charge in [0.2, 0.25) is 5.91 Å². The number of carbonyl (C=O) groups is 3. The van der Waals surface area contributed by atoms with Crippen LogP contribution in [0.25, 0.3) is 0 Å². The highest BCUT2D eigenvalue weighted by atomic mass is 32.1. The lowest BCUT2D eigenvalue weighted by Gasteiger charge is -2.20. The van der Waals surface area contributed by atoms with Crippen LogP contribution in [0.1, 0.15) is 18.2 Å². The van der Waals surface area contributed by atoms with E-state index >= 15 is 0 Å². The molecule has 3 heterocycles. The standard InChI is InChI=1S/C14H14N4O4S/c1-8-5-10(17-22-8)15-11(19)6-18-12(20)14(2,16-13(18)21)9-3-4-23-7-9/h3-5,7H,6H2,1-2H3,(H,16,21)(H,15,17,19). The molecule has 2 aromatic rings. The normalized spacial score (nSPS) is 20.7. The Kier molecular flexibility index (Phi) is 3.64. The van der Waals surface area contributed by atoms with Crippen LogP contribution >= 0.6 is 11.3 Å². The van der Waals surface area contributed by atoms with Crippen molar-refractivity contribution in [3.8, 4) is 0 Å². The van der Waals surface area contributed by atoms with Crippen LogP contribution in [0.5, 0.6) is 0 Å². The summed E-state index contributed by atoms with van der Waals surface area (Å²) in [5.41, 5.74) is -0.460. The Balaban J connectivity index is 1.72. The van der Waals surface area contributed by atoms with Crippen LogP contribution in [0, 0.1) is 6.92 Å². The van der Waals surface area contributed by atoms with Crippen molar-refractivity contribution in [2.75, 3.05) is 11.9 Å². The van der Waals surface area contributed by atoms with Gasteiger partial charge in [-0.2, -0.15) is 11.3 Å². The first-order valence-electron chi connectivity index (χ1n) is 6.80. The largest absolute Gasteiger partial charge is 0.360 e. The molecule has 0 spiro atoms. The minimum atomic E-state index is -1.15. The van der Waals surface area contributed by atoms with Crippen LogP contribution in [0.3, 0.4) is 0 Å². The Bertz CT molecular complexity index is 770. The van der Waals surface area contributed by atoms with Crippen LogP contribution in [0.15, 0.2) is 27.4 Å². The lowest BCUT2D eigenvalue weighted by molar-refractivity contribution is -0.133. The zero-order valence-corrected chi connectivity index (χ0v) is 13.3. The first-order chi connectivity index (χ1) is 10.9. The van der Waals surface area contributed by atoms with Gasteiger partial charge in [0.1, 0.15) is 17.8 Å². The Morgan fingerprint density at radius 1 is 1.52 bits per heavy atom. The van der Waals surface area contributed by atoms with E-state index in [2.05, 4.69) is 15.8 Å². The van der Waals surface area contributed by atoms with Crippen LogP contribution < -0.4 is 10.6 Å². The average molecular weight is 334 g/mol. The molecule has 120 valence electrons. The number of nitrogens with zero attached hydrogens (tertiary/aromatic N) is 2. The van der Waals surface area contributed by atoms with Gasteiger partial charge in [-0.25, -0.2) is 4.79 Å². The zero-order valence-electron chi connectivity index (χ0n) is 12.5. The van der Waals surface area contributed by atoms with Crippen molar-refractivity contribution in [1.29, 1.82) is 0 Å². The van der Waals surface area contributed by atoms with E-state index in [-0.39, 0.29) is 5.82 Å². The summed E-state index contributed by atoms with van der Waals surface area (Å²) in [5.74, 6) is -0.218. The molecule has 0 aromatic carbocycles. The predicted molar refractivity (Wildman–Crippen MR) is 81.8 cm³/mol. The molecule has 1 aliphatic heterocycles. The van der Waals surface area contributed by atoms with Gasteiger partial charge in [-0.05, 0) is 36.2 Å². The fourth-order valence-electron chi connectivity index (χ4n) is 2.34. The molecule has 1 aliphatic rings. The van der Waals surface area contributed by atoms with E-state index in [4.69, 9.17) is 4.52 Å². The van der Waals surface area contributed by atoms with Gasteiger partial charge < -0.3 is 15.2 Å². The second-order valence-electron chi connectivity index (χ2n) is 5.33. The third-order valence-corrected chi connectivity index (χ3v) is 4.25. The van der Waals surface area contributed by atoms with Gasteiger partial charge >= 0.3 is 6.03 Å². The van der Waals surface area contributed by atoms with Gasteiger partial charge in [-0.15, -0.1) is 0 Å². The van der Waals surface area contributed by atoms with Gasteiger partial charge in [0.25, 0.3) is 5.91 Å². The zero-order chi connectivity index (χ0) is 16.6. The van der Waals surface area contributed by atoms with E-state index in [9.17, 15) is 14.4 Å². The molecule has 1 unspecified atom stereocenters. The number of rotatable bonds is 4. The Labute approximate surface area is 135 Å². The van der Waals surface area contributed by atoms with E-state index in [0.29, 0.717) is 11.3 Å². The lowest BCUT2D eigenvalue weighted by atomic mass is 9.95. The SMILES string of the molecule is Cc1cc(NC(=O)CN2C(=O)NC(C)(c3ccsc3)C2=O)no1. The third kappa shape index (κ3) is 2.70. The number of carbonyl (C=O) groups excluding carboxylic acids is 3. The number of urea groups is 1. The Morgan fingerprint density at radius 3 is 2.91 bits per heavy atom. The number of imide groups is 1. The summed E-state index contributed by atoms with van der Waals surface area (Å²) in [6, 6.07) is 2.71. The third-order valence-electron chi connectivity index (χ3n) is 3.57. The average Bonchev–Trinajstić information content (AvgIpc) is 3.19. The molecule has 0 bridgehead atoms. The molecule has 2 N–H and O–H groups in total. The lowest BCUT2D eigenvalue weighted by Crippen LogP contribution is -2.41. The molecule has 23 heavy (non-hydrogen) atoms. The van der Waals surface area contributed by atoms with Gasteiger partial charge in [0.05, 0.1) is 0 Å². The number of aromatic nitrogens is 1. The van der Waals surface area contributed by atoms with Crippen molar-refractivity contribution in [3.63, 3.8) is 0 Å². The number of amides is 4. The number of hydrogen-bond acceptors (Lipinski definition) is 6. The summed E-state index contributed by atoms with van der Waals surface area (Å²) < 4.78 is 4.84. The minimum absolute atomic E-state index is 0.236. The molecule has 1 saturated heterocycles. The smallest absolute Gasteiger partial charge is 0.325 e. The number of aryl methyl sites for hydroxylation is 1. The highest BCUT2D eigenvalue weighted by molar-refractivity contribution is 7.08. The number of hydrogen-bond donors (Lipinski definition) is 2. The van der Waals surface area contributed by atoms with E-state index < -0.39 is 29.9 Å². The van der Waals surface area contributed by atoms with Gasteiger partial charge in [-0.3, -0.25) is 14.5 Å². The van der Waals surface area contributed by atoms with Gasteiger partial charge in [-0.1, -0.05) is 5.16 Å². The van der Waals surface area contributed by atoms with E-state index in [0.717, 1.165) is 4.90 Å². The number of nitrogens with one attached hydrogen (secondary N) is 2. The van der Waals surface area contributed by atoms with Crippen molar-refractivity contribution >= 4 is 35.0 Å². The topological polar surface area (TPSA) is 105 Å². The molecular formula is C14H14N4O4S. The summed E-state index contributed by atoms with van der Waals surface area (Å²) in [7, 11) is 0. The molecule has 2 aromatic heterocycles. The van der Waals surface area contributed by atoms with Gasteiger partial charge in [0, 0.05) is 6.07 Å². The predicted octanol–water partition coefficient (Wildman–Crippen LogP) is 1.45. The highest BCUT2D eigenvalue weighted by Crippen LogP contribution is 2.30. The number of thiophene rings is 1. The quantitative estimate of drug-likeness (QED) is 0.824. The monoisotopic (exact) mass is 334 g/mol. The van der Waals surface area contributed by atoms with Crippen molar-refractivity contribution in [2.24, 2.45) is 0 Å². The first-order valence-corrected chi connectivity index (χ1v) is 7.74. The Morgan fingerprint density at radius 2 is 2.30 bits per heavy atom. The van der Waals surface area contributed by atoms with Gasteiger partial charge in [0.15, 0.2) is 5.82 Å². The molecule has 0 radical (unpaired) electrons. The fraction of sp³-hybridized carbons (Fsp3) is 0.286. The molecule has 8 nitrogen and oxygen atoms in total. The second-order valence-corrected chi connectivity index (χ2v) is 6.11. The van der Waals surface area contributed by atoms with Crippen molar-refractivity contribution in [3.05, 3.63) is 34.2 Å². The first kappa shape index (κ1) is 15.2. The molecule has 3 rings (SSSR count). The Hall–Kier alpha value is -2.68. The maximum Gasteiger partial charge on any atom is 0.325 e. The van der Waals surface area contributed by atoms with Crippen molar-refractivity contribution in [1.82, 2.24) is 15.4 Å². The summed E-state index contributed by atoms with van der Waals surface area (Å²) >= 11 is 1.43. The maximum atomic E-state index is 12.6. The van der Waals surface area contributed by atoms with E-state index in [1.165, 1.54) is 11.3 Å². The summed E-state index contributed by atoms with van der Waals surface area (Å²) in [6.45, 7) is 2.91. The molecule has 0 saturated carbocycles. The molecular weight excluding hydrogens is 320 g/mol. The second kappa shape index (κ2) is 5.51. The van der Waals surface area contributed by atoms with E-state index in [1.807, 2.05) is 5.38 Å². The van der Waals surface area contributed by atoms with Crippen LogP contribution in [0.2, 0.25) is 0 Å².